The van der Waals surface area contributed by atoms with Crippen molar-refractivity contribution >= 4 is 7.82 Å². The molecule has 0 saturated carbocycles. The van der Waals surface area contributed by atoms with Crippen molar-refractivity contribution in [2.75, 3.05) is 0 Å². The van der Waals surface area contributed by atoms with Crippen LogP contribution in [0.5, 0.6) is 0 Å². The summed E-state index contributed by atoms with van der Waals surface area (Å²) < 4.78 is 8.55. The van der Waals surface area contributed by atoms with E-state index < -0.39 is 7.82 Å². The largest absolute Gasteiger partial charge is 2.00 e. The quantitative estimate of drug-likeness (QED) is 0.324. The summed E-state index contributed by atoms with van der Waals surface area (Å²) in [4.78, 5) is 25.6. The summed E-state index contributed by atoms with van der Waals surface area (Å²) in [7, 11) is -5.39. The van der Waals surface area contributed by atoms with Crippen LogP contribution in [0.25, 0.3) is 0 Å². The third-order valence-corrected chi connectivity index (χ3v) is 0. The van der Waals surface area contributed by atoms with Gasteiger partial charge in [-0.15, -0.1) is 0 Å². The van der Waals surface area contributed by atoms with Gasteiger partial charge in [0, 0.05) is 0 Å². The molecule has 0 unspecified atom stereocenters. The van der Waals surface area contributed by atoms with Gasteiger partial charge >= 0.3 is 69.5 Å². The molecule has 0 amide bonds. The Bertz CT molecular complexity index is 66.7. The van der Waals surface area contributed by atoms with E-state index in [0.29, 0.717) is 0 Å². The molecule has 1 radical (unpaired) electrons. The zero-order valence-electron chi connectivity index (χ0n) is 4.13. The molecule has 0 aliphatic rings. The summed E-state index contributed by atoms with van der Waals surface area (Å²) in [5.74, 6) is 0. The normalized spacial score (nSPS) is 6.56. The van der Waals surface area contributed by atoms with Crippen molar-refractivity contribution < 1.29 is 88.7 Å². The predicted molar refractivity (Wildman–Crippen MR) is 7.61 cm³/mol. The van der Waals surface area contributed by atoms with Gasteiger partial charge in [-0.2, -0.15) is 7.82 Å². The minimum atomic E-state index is -5.39. The van der Waals surface area contributed by atoms with Gasteiger partial charge in [0.1, 0.15) is 0 Å². The zero-order valence-corrected chi connectivity index (χ0v) is 8.29. The Kier molecular flexibility index (Phi) is 43.3. The van der Waals surface area contributed by atoms with Crippen molar-refractivity contribution in [2.24, 2.45) is 0 Å². The molecule has 0 aromatic rings. The average molecular weight is 271 g/mol. The summed E-state index contributed by atoms with van der Waals surface area (Å²) in [5, 5.41) is 0. The molecule has 0 bridgehead atoms. The van der Waals surface area contributed by atoms with Crippen LogP contribution < -0.4 is 33.5 Å². The Balaban J connectivity index is -0.0000000133. The van der Waals surface area contributed by atoms with E-state index in [2.05, 4.69) is 0 Å². The molecule has 0 aromatic carbocycles. The van der Waals surface area contributed by atoms with Crippen molar-refractivity contribution in [3.05, 3.63) is 0 Å². The maximum Gasteiger partial charge on any atom is 2.00 e. The second-order valence-corrected chi connectivity index (χ2v) is 1.34. The van der Waals surface area contributed by atoms with Crippen molar-refractivity contribution in [3.8, 4) is 0 Å². The van der Waals surface area contributed by atoms with E-state index in [1.165, 1.54) is 0 Å². The first-order valence-electron chi connectivity index (χ1n) is 0.730. The number of rotatable bonds is 0. The third kappa shape index (κ3) is 139. The number of hydrogen-bond donors (Lipinski definition) is 0. The first kappa shape index (κ1) is 30.3. The van der Waals surface area contributed by atoms with E-state index in [9.17, 15) is 0 Å². The standard InChI is InChI=1S/Fe.Li.Mn.Ni.H3O4P/c;;;;1-5(2,3)4/h;;;;(H3,1,2,3,4)/q+2;+1;2*+2;/p-3. The van der Waals surface area contributed by atoms with E-state index in [0.717, 1.165) is 0 Å². The molecule has 0 atom stereocenters. The fourth-order valence-electron chi connectivity index (χ4n) is 0. The summed E-state index contributed by atoms with van der Waals surface area (Å²) in [6.07, 6.45) is 0. The molecule has 0 spiro atoms. The van der Waals surface area contributed by atoms with Crippen LogP contribution in [0.1, 0.15) is 0 Å². The van der Waals surface area contributed by atoms with E-state index in [1.807, 2.05) is 0 Å². The molecule has 9 heteroatoms. The van der Waals surface area contributed by atoms with Crippen molar-refractivity contribution in [2.45, 2.75) is 0 Å². The van der Waals surface area contributed by atoms with Gasteiger partial charge in [0.05, 0.1) is 0 Å². The van der Waals surface area contributed by atoms with Gasteiger partial charge in [0.2, 0.25) is 0 Å². The summed E-state index contributed by atoms with van der Waals surface area (Å²) in [6, 6.07) is 0. The Hall–Kier alpha value is 2.24. The first-order chi connectivity index (χ1) is 2.00. The van der Waals surface area contributed by atoms with Crippen LogP contribution in [0, 0.1) is 0 Å². The Morgan fingerprint density at radius 1 is 1.11 bits per heavy atom. The molecule has 9 heavy (non-hydrogen) atoms. The molecule has 51 valence electrons. The van der Waals surface area contributed by atoms with Gasteiger partial charge in [0.15, 0.2) is 0 Å². The minimum absolute atomic E-state index is 0. The fraction of sp³-hybridized carbons (Fsp3) is 0. The van der Waals surface area contributed by atoms with Crippen LogP contribution >= 0.6 is 7.82 Å². The van der Waals surface area contributed by atoms with E-state index in [-0.39, 0.29) is 69.5 Å². The van der Waals surface area contributed by atoms with Gasteiger partial charge in [-0.3, -0.25) is 0 Å². The van der Waals surface area contributed by atoms with Gasteiger partial charge in [-0.25, -0.2) is 0 Å². The molecule has 0 N–H and O–H groups in total. The number of hydrogen-bond acceptors (Lipinski definition) is 4. The minimum Gasteiger partial charge on any atom is -0.822 e. The van der Waals surface area contributed by atoms with Crippen LogP contribution in [0.4, 0.5) is 0 Å². The van der Waals surface area contributed by atoms with Gasteiger partial charge in [-0.1, -0.05) is 0 Å². The monoisotopic (exact) mass is 271 g/mol. The molecule has 0 saturated heterocycles. The Labute approximate surface area is 95.8 Å². The van der Waals surface area contributed by atoms with Crippen LogP contribution in [0.3, 0.4) is 0 Å². The van der Waals surface area contributed by atoms with Crippen molar-refractivity contribution in [1.29, 1.82) is 0 Å². The Morgan fingerprint density at radius 2 is 1.11 bits per heavy atom. The molecule has 0 aliphatic carbocycles. The third-order valence-electron chi connectivity index (χ3n) is 0. The maximum atomic E-state index is 8.55. The van der Waals surface area contributed by atoms with Crippen molar-refractivity contribution in [3.63, 3.8) is 0 Å². The maximum absolute atomic E-state index is 8.55. The van der Waals surface area contributed by atoms with Crippen LogP contribution in [-0.2, 0) is 55.2 Å². The zero-order chi connectivity index (χ0) is 4.50. The van der Waals surface area contributed by atoms with Crippen LogP contribution in [0.15, 0.2) is 0 Å². The fourth-order valence-corrected chi connectivity index (χ4v) is 0. The molecule has 0 aliphatic heterocycles. The SMILES string of the molecule is O=P([O-])([O-])[O-].[Fe+2].[Li+].[Mn+2].[Ni+2]. The van der Waals surface area contributed by atoms with Gasteiger partial charge < -0.3 is 19.2 Å². The van der Waals surface area contributed by atoms with E-state index >= 15 is 0 Å². The predicted octanol–water partition coefficient (Wildman–Crippen LogP) is -5.83. The second kappa shape index (κ2) is 12.9. The molecule has 0 fully saturated rings. The van der Waals surface area contributed by atoms with E-state index in [4.69, 9.17) is 19.2 Å². The molecule has 4 nitrogen and oxygen atoms in total. The Morgan fingerprint density at radius 3 is 1.11 bits per heavy atom. The molecule has 0 rings (SSSR count). The summed E-state index contributed by atoms with van der Waals surface area (Å²) in [5.41, 5.74) is 0. The van der Waals surface area contributed by atoms with Crippen LogP contribution in [-0.4, -0.2) is 0 Å². The summed E-state index contributed by atoms with van der Waals surface area (Å²) >= 11 is 0. The van der Waals surface area contributed by atoms with Crippen molar-refractivity contribution in [1.82, 2.24) is 0 Å². The topological polar surface area (TPSA) is 86.2 Å². The smallest absolute Gasteiger partial charge is 0.822 e. The molecular weight excluding hydrogens is 271 g/mol. The summed E-state index contributed by atoms with van der Waals surface area (Å²) in [6.45, 7) is 0. The van der Waals surface area contributed by atoms with E-state index in [1.54, 1.807) is 0 Å². The molecular formula is FeLiMnNiO4P+4. The first-order valence-corrected chi connectivity index (χ1v) is 2.19. The second-order valence-electron chi connectivity index (χ2n) is 0.447. The van der Waals surface area contributed by atoms with Gasteiger partial charge in [-0.05, 0) is 0 Å². The molecule has 0 heterocycles. The van der Waals surface area contributed by atoms with Gasteiger partial charge in [0.25, 0.3) is 0 Å². The number of phosphoric acid groups is 1. The average Bonchev–Trinajstić information content (AvgIpc) is 0.722. The van der Waals surface area contributed by atoms with Crippen LogP contribution in [0.2, 0.25) is 0 Å². The molecule has 0 aromatic heterocycles.